The van der Waals surface area contributed by atoms with Gasteiger partial charge in [-0.15, -0.1) is 0 Å². The van der Waals surface area contributed by atoms with Crippen LogP contribution in [0.3, 0.4) is 0 Å². The smallest absolute Gasteiger partial charge is 0.320 e. The molecular weight excluding hydrogens is 246 g/mol. The molecule has 0 radical (unpaired) electrons. The van der Waals surface area contributed by atoms with E-state index in [2.05, 4.69) is 14.9 Å². The van der Waals surface area contributed by atoms with Crippen LogP contribution in [0.5, 0.6) is 0 Å². The highest BCUT2D eigenvalue weighted by molar-refractivity contribution is 7.93. The van der Waals surface area contributed by atoms with Gasteiger partial charge >= 0.3 is 5.97 Å². The van der Waals surface area contributed by atoms with E-state index in [1.807, 2.05) is 20.8 Å². The van der Waals surface area contributed by atoms with Crippen molar-refractivity contribution in [2.24, 2.45) is 0 Å². The number of aromatic nitrogens is 2. The Labute approximate surface area is 99.3 Å². The SMILES string of the molecule is CC(C)(C)c1cc(NS(=O)(=O)CC(=O)O)n[nH]1. The zero-order valence-electron chi connectivity index (χ0n) is 9.81. The van der Waals surface area contributed by atoms with Crippen molar-refractivity contribution in [3.8, 4) is 0 Å². The summed E-state index contributed by atoms with van der Waals surface area (Å²) in [7, 11) is -3.90. The van der Waals surface area contributed by atoms with E-state index in [4.69, 9.17) is 5.11 Å². The Bertz CT molecular complexity index is 513. The second kappa shape index (κ2) is 4.36. The van der Waals surface area contributed by atoms with Crippen molar-refractivity contribution >= 4 is 21.8 Å². The van der Waals surface area contributed by atoms with Crippen molar-refractivity contribution in [1.29, 1.82) is 0 Å². The number of hydrogen-bond acceptors (Lipinski definition) is 4. The molecule has 0 saturated carbocycles. The normalized spacial score (nSPS) is 12.4. The zero-order valence-corrected chi connectivity index (χ0v) is 10.6. The summed E-state index contributed by atoms with van der Waals surface area (Å²) in [6.07, 6.45) is 0. The number of rotatable bonds is 4. The number of nitrogens with zero attached hydrogens (tertiary/aromatic N) is 1. The van der Waals surface area contributed by atoms with Gasteiger partial charge < -0.3 is 5.11 Å². The Morgan fingerprint density at radius 1 is 1.53 bits per heavy atom. The van der Waals surface area contributed by atoms with E-state index in [0.717, 1.165) is 5.69 Å². The van der Waals surface area contributed by atoms with Gasteiger partial charge in [0.25, 0.3) is 0 Å². The van der Waals surface area contributed by atoms with Crippen LogP contribution in [0.15, 0.2) is 6.07 Å². The summed E-state index contributed by atoms with van der Waals surface area (Å²) in [4.78, 5) is 10.3. The molecule has 1 heterocycles. The van der Waals surface area contributed by atoms with E-state index in [1.165, 1.54) is 0 Å². The van der Waals surface area contributed by atoms with Crippen molar-refractivity contribution in [2.45, 2.75) is 26.2 Å². The third-order valence-corrected chi connectivity index (χ3v) is 3.11. The van der Waals surface area contributed by atoms with Crippen molar-refractivity contribution < 1.29 is 18.3 Å². The van der Waals surface area contributed by atoms with Crippen molar-refractivity contribution in [3.63, 3.8) is 0 Å². The minimum Gasteiger partial charge on any atom is -0.480 e. The minimum atomic E-state index is -3.90. The van der Waals surface area contributed by atoms with Gasteiger partial charge in [-0.25, -0.2) is 8.42 Å². The summed E-state index contributed by atoms with van der Waals surface area (Å²) in [5.41, 5.74) is 0.564. The van der Waals surface area contributed by atoms with Crippen LogP contribution in [0.25, 0.3) is 0 Å². The summed E-state index contributed by atoms with van der Waals surface area (Å²) in [5, 5.41) is 14.9. The van der Waals surface area contributed by atoms with Gasteiger partial charge in [-0.2, -0.15) is 5.10 Å². The minimum absolute atomic E-state index is 0.0937. The first-order valence-corrected chi connectivity index (χ1v) is 6.53. The molecule has 0 bridgehead atoms. The maximum absolute atomic E-state index is 11.3. The first-order valence-electron chi connectivity index (χ1n) is 4.88. The van der Waals surface area contributed by atoms with Crippen LogP contribution in [-0.4, -0.2) is 35.4 Å². The van der Waals surface area contributed by atoms with E-state index < -0.39 is 21.7 Å². The summed E-state index contributed by atoms with van der Waals surface area (Å²) in [5.74, 6) is -2.30. The molecule has 0 fully saturated rings. The van der Waals surface area contributed by atoms with E-state index >= 15 is 0 Å². The average molecular weight is 261 g/mol. The number of aromatic amines is 1. The van der Waals surface area contributed by atoms with Crippen molar-refractivity contribution in [1.82, 2.24) is 10.2 Å². The standard InChI is InChI=1S/C9H15N3O4S/c1-9(2,3)6-4-7(11-10-6)12-17(15,16)5-8(13)14/h4H,5H2,1-3H3,(H,13,14)(H2,10,11,12). The van der Waals surface area contributed by atoms with Gasteiger partial charge in [-0.3, -0.25) is 14.6 Å². The number of nitrogens with one attached hydrogen (secondary N) is 2. The molecule has 8 heteroatoms. The molecule has 0 aliphatic rings. The van der Waals surface area contributed by atoms with Gasteiger partial charge in [-0.1, -0.05) is 20.8 Å². The molecule has 17 heavy (non-hydrogen) atoms. The van der Waals surface area contributed by atoms with Crippen LogP contribution in [0.4, 0.5) is 5.82 Å². The Hall–Kier alpha value is -1.57. The first-order chi connectivity index (χ1) is 7.60. The van der Waals surface area contributed by atoms with Crippen LogP contribution < -0.4 is 4.72 Å². The second-order valence-corrected chi connectivity index (χ2v) is 6.39. The van der Waals surface area contributed by atoms with Crippen molar-refractivity contribution in [2.75, 3.05) is 10.5 Å². The van der Waals surface area contributed by atoms with E-state index in [0.29, 0.717) is 0 Å². The topological polar surface area (TPSA) is 112 Å². The number of carboxylic acids is 1. The fraction of sp³-hybridized carbons (Fsp3) is 0.556. The number of hydrogen-bond donors (Lipinski definition) is 3. The average Bonchev–Trinajstić information content (AvgIpc) is 2.47. The lowest BCUT2D eigenvalue weighted by atomic mass is 9.92. The Balaban J connectivity index is 2.84. The lowest BCUT2D eigenvalue weighted by molar-refractivity contribution is -0.134. The number of anilines is 1. The number of sulfonamides is 1. The highest BCUT2D eigenvalue weighted by atomic mass is 32.2. The molecule has 1 aromatic rings. The van der Waals surface area contributed by atoms with Crippen LogP contribution in [0.1, 0.15) is 26.5 Å². The summed E-state index contributed by atoms with van der Waals surface area (Å²) in [6, 6.07) is 1.54. The van der Waals surface area contributed by atoms with Gasteiger partial charge in [-0.05, 0) is 0 Å². The predicted molar refractivity (Wildman–Crippen MR) is 62.3 cm³/mol. The van der Waals surface area contributed by atoms with Gasteiger partial charge in [0.15, 0.2) is 11.6 Å². The number of aliphatic carboxylic acids is 1. The van der Waals surface area contributed by atoms with Crippen LogP contribution in [0, 0.1) is 0 Å². The third-order valence-electron chi connectivity index (χ3n) is 1.96. The molecule has 3 N–H and O–H groups in total. The van der Waals surface area contributed by atoms with Gasteiger partial charge in [0.1, 0.15) is 0 Å². The maximum atomic E-state index is 11.3. The number of carbonyl (C=O) groups is 1. The molecule has 0 spiro atoms. The lowest BCUT2D eigenvalue weighted by Crippen LogP contribution is -2.22. The molecule has 0 amide bonds. The fourth-order valence-corrected chi connectivity index (χ4v) is 1.94. The molecule has 7 nitrogen and oxygen atoms in total. The van der Waals surface area contributed by atoms with Gasteiger partial charge in [0, 0.05) is 17.2 Å². The molecule has 96 valence electrons. The summed E-state index contributed by atoms with van der Waals surface area (Å²) in [6.45, 7) is 5.82. The quantitative estimate of drug-likeness (QED) is 0.732. The summed E-state index contributed by atoms with van der Waals surface area (Å²) < 4.78 is 24.7. The van der Waals surface area contributed by atoms with Crippen LogP contribution in [-0.2, 0) is 20.2 Å². The molecule has 0 saturated heterocycles. The largest absolute Gasteiger partial charge is 0.480 e. The molecule has 0 aromatic carbocycles. The zero-order chi connectivity index (χ0) is 13.3. The van der Waals surface area contributed by atoms with Crippen molar-refractivity contribution in [3.05, 3.63) is 11.8 Å². The molecular formula is C9H15N3O4S. The van der Waals surface area contributed by atoms with E-state index in [-0.39, 0.29) is 11.2 Å². The lowest BCUT2D eigenvalue weighted by Gasteiger charge is -2.14. The molecule has 0 unspecified atom stereocenters. The van der Waals surface area contributed by atoms with Crippen LogP contribution in [0.2, 0.25) is 0 Å². The monoisotopic (exact) mass is 261 g/mol. The predicted octanol–water partition coefficient (Wildman–Crippen LogP) is 0.534. The molecule has 1 aromatic heterocycles. The Kier molecular flexibility index (Phi) is 3.46. The van der Waals surface area contributed by atoms with E-state index in [9.17, 15) is 13.2 Å². The van der Waals surface area contributed by atoms with Gasteiger partial charge in [0.2, 0.25) is 10.0 Å². The molecule has 0 aliphatic carbocycles. The molecule has 0 aliphatic heterocycles. The molecule has 0 atom stereocenters. The highest BCUT2D eigenvalue weighted by Gasteiger charge is 2.20. The van der Waals surface area contributed by atoms with Crippen LogP contribution >= 0.6 is 0 Å². The number of H-pyrrole nitrogens is 1. The first kappa shape index (κ1) is 13.5. The second-order valence-electron chi connectivity index (χ2n) is 4.67. The molecule has 1 rings (SSSR count). The third kappa shape index (κ3) is 4.06. The van der Waals surface area contributed by atoms with Gasteiger partial charge in [0.05, 0.1) is 0 Å². The highest BCUT2D eigenvalue weighted by Crippen LogP contribution is 2.22. The maximum Gasteiger partial charge on any atom is 0.320 e. The Morgan fingerprint density at radius 2 is 2.12 bits per heavy atom. The fourth-order valence-electron chi connectivity index (χ4n) is 1.12. The Morgan fingerprint density at radius 3 is 2.53 bits per heavy atom. The van der Waals surface area contributed by atoms with E-state index in [1.54, 1.807) is 6.07 Å². The summed E-state index contributed by atoms with van der Waals surface area (Å²) >= 11 is 0. The number of carboxylic acid groups (broad SMARTS) is 1.